The molecule has 0 aromatic rings. The minimum atomic E-state index is -1.71. The van der Waals surface area contributed by atoms with Crippen LogP contribution >= 0.6 is 0 Å². The normalized spacial score (nSPS) is 48.0. The lowest BCUT2D eigenvalue weighted by Crippen LogP contribution is -2.47. The number of ether oxygens (including phenoxy) is 3. The zero-order valence-electron chi connectivity index (χ0n) is 14.4. The SMILES string of the molecule is C[C@H]1C=C(O[Si](C)(C)C)[C@@]2(C)O[C@@H]1[C@]1(C)OC(C)(C)O[C@@H]12. The van der Waals surface area contributed by atoms with Gasteiger partial charge in [0.1, 0.15) is 23.1 Å². The maximum absolute atomic E-state index is 6.40. The van der Waals surface area contributed by atoms with Gasteiger partial charge < -0.3 is 18.6 Å². The Morgan fingerprint density at radius 3 is 2.29 bits per heavy atom. The Labute approximate surface area is 128 Å². The van der Waals surface area contributed by atoms with Crippen molar-refractivity contribution in [2.45, 2.75) is 83.5 Å². The van der Waals surface area contributed by atoms with Crippen LogP contribution in [0.4, 0.5) is 0 Å². The Kier molecular flexibility index (Phi) is 3.05. The highest BCUT2D eigenvalue weighted by Crippen LogP contribution is 2.57. The maximum atomic E-state index is 6.40. The first kappa shape index (κ1) is 15.5. The molecule has 2 fully saturated rings. The van der Waals surface area contributed by atoms with Crippen molar-refractivity contribution in [1.82, 2.24) is 0 Å². The molecule has 2 saturated heterocycles. The average molecular weight is 312 g/mol. The molecule has 21 heavy (non-hydrogen) atoms. The standard InChI is InChI=1S/C16H28O4Si/c1-10-9-11(19-21(6,7)8)15(4)13-16(5,12(10)17-15)20-14(2,3)18-13/h9-10,12-13H,1-8H3/t10-,12-,13+,15+,16-/m0/s1. The predicted molar refractivity (Wildman–Crippen MR) is 83.4 cm³/mol. The molecule has 3 aliphatic heterocycles. The molecular weight excluding hydrogens is 284 g/mol. The average Bonchev–Trinajstić information content (AvgIpc) is 2.61. The van der Waals surface area contributed by atoms with E-state index < -0.39 is 25.3 Å². The first-order valence-electron chi connectivity index (χ1n) is 7.84. The van der Waals surface area contributed by atoms with Crippen molar-refractivity contribution in [2.24, 2.45) is 5.92 Å². The second kappa shape index (κ2) is 4.13. The molecule has 0 radical (unpaired) electrons. The molecule has 120 valence electrons. The van der Waals surface area contributed by atoms with Crippen LogP contribution in [0, 0.1) is 5.92 Å². The van der Waals surface area contributed by atoms with Crippen LogP contribution in [0.2, 0.25) is 19.6 Å². The van der Waals surface area contributed by atoms with Crippen LogP contribution in [0.5, 0.6) is 0 Å². The summed E-state index contributed by atoms with van der Waals surface area (Å²) in [7, 11) is -1.71. The number of rotatable bonds is 2. The minimum absolute atomic E-state index is 0.00302. The van der Waals surface area contributed by atoms with E-state index in [0.29, 0.717) is 0 Å². The van der Waals surface area contributed by atoms with Gasteiger partial charge in [-0.2, -0.15) is 0 Å². The van der Waals surface area contributed by atoms with Crippen molar-refractivity contribution in [2.75, 3.05) is 0 Å². The van der Waals surface area contributed by atoms with Gasteiger partial charge in [0, 0.05) is 5.92 Å². The molecule has 5 atom stereocenters. The zero-order chi connectivity index (χ0) is 15.8. The lowest BCUT2D eigenvalue weighted by atomic mass is 9.86. The lowest BCUT2D eigenvalue weighted by Gasteiger charge is -2.40. The zero-order valence-corrected chi connectivity index (χ0v) is 15.4. The summed E-state index contributed by atoms with van der Waals surface area (Å²) in [6.45, 7) is 16.9. The molecule has 0 aromatic carbocycles. The largest absolute Gasteiger partial charge is 0.545 e. The summed E-state index contributed by atoms with van der Waals surface area (Å²) in [5.74, 6) is 0.599. The summed E-state index contributed by atoms with van der Waals surface area (Å²) in [5.41, 5.74) is -0.987. The molecule has 5 heteroatoms. The van der Waals surface area contributed by atoms with Gasteiger partial charge in [-0.15, -0.1) is 0 Å². The molecule has 0 aromatic heterocycles. The molecule has 0 N–H and O–H groups in total. The molecule has 4 nitrogen and oxygen atoms in total. The van der Waals surface area contributed by atoms with Crippen LogP contribution in [-0.4, -0.2) is 37.5 Å². The van der Waals surface area contributed by atoms with Gasteiger partial charge in [0.25, 0.3) is 0 Å². The third kappa shape index (κ3) is 2.20. The number of fused-ring (bicyclic) bond motifs is 5. The first-order valence-corrected chi connectivity index (χ1v) is 11.3. The van der Waals surface area contributed by atoms with Gasteiger partial charge >= 0.3 is 0 Å². The van der Waals surface area contributed by atoms with Crippen LogP contribution in [0.1, 0.15) is 34.6 Å². The van der Waals surface area contributed by atoms with Gasteiger partial charge in [-0.05, 0) is 53.4 Å². The molecule has 0 aliphatic carbocycles. The Balaban J connectivity index is 2.03. The van der Waals surface area contributed by atoms with Crippen LogP contribution in [0.3, 0.4) is 0 Å². The Morgan fingerprint density at radius 2 is 1.71 bits per heavy atom. The third-order valence-corrected chi connectivity index (χ3v) is 5.45. The molecule has 0 unspecified atom stereocenters. The number of hydrogen-bond donors (Lipinski definition) is 0. The van der Waals surface area contributed by atoms with Crippen LogP contribution in [0.25, 0.3) is 0 Å². The predicted octanol–water partition coefficient (Wildman–Crippen LogP) is 3.44. The molecule has 3 aliphatic rings. The van der Waals surface area contributed by atoms with Crippen molar-refractivity contribution >= 4 is 8.32 Å². The summed E-state index contributed by atoms with van der Waals surface area (Å²) in [6, 6.07) is 0. The highest BCUT2D eigenvalue weighted by atomic mass is 28.4. The summed E-state index contributed by atoms with van der Waals surface area (Å²) >= 11 is 0. The number of hydrogen-bond acceptors (Lipinski definition) is 4. The van der Waals surface area contributed by atoms with Gasteiger partial charge in [0.2, 0.25) is 8.32 Å². The monoisotopic (exact) mass is 312 g/mol. The second-order valence-corrected chi connectivity index (χ2v) is 12.9. The van der Waals surface area contributed by atoms with Gasteiger partial charge in [-0.3, -0.25) is 0 Å². The minimum Gasteiger partial charge on any atom is -0.545 e. The first-order chi connectivity index (χ1) is 9.37. The molecule has 0 saturated carbocycles. The van der Waals surface area contributed by atoms with E-state index in [9.17, 15) is 0 Å². The molecule has 2 bridgehead atoms. The lowest BCUT2D eigenvalue weighted by molar-refractivity contribution is -0.223. The fourth-order valence-corrected chi connectivity index (χ4v) is 5.02. The fourth-order valence-electron chi connectivity index (χ4n) is 4.09. The third-order valence-electron chi connectivity index (χ3n) is 4.62. The van der Waals surface area contributed by atoms with E-state index in [4.69, 9.17) is 18.6 Å². The van der Waals surface area contributed by atoms with Gasteiger partial charge in [0.05, 0.1) is 6.10 Å². The fraction of sp³-hybridized carbons (Fsp3) is 0.875. The van der Waals surface area contributed by atoms with E-state index >= 15 is 0 Å². The summed E-state index contributed by atoms with van der Waals surface area (Å²) in [6.07, 6.45) is 2.08. The topological polar surface area (TPSA) is 36.9 Å². The highest BCUT2D eigenvalue weighted by Gasteiger charge is 2.71. The quantitative estimate of drug-likeness (QED) is 0.732. The van der Waals surface area contributed by atoms with Gasteiger partial charge in [-0.1, -0.05) is 6.92 Å². The van der Waals surface area contributed by atoms with E-state index in [1.54, 1.807) is 0 Å². The summed E-state index contributed by atoms with van der Waals surface area (Å²) < 4.78 is 25.2. The van der Waals surface area contributed by atoms with Gasteiger partial charge in [0.15, 0.2) is 5.79 Å². The Morgan fingerprint density at radius 1 is 1.10 bits per heavy atom. The van der Waals surface area contributed by atoms with E-state index in [1.165, 1.54) is 0 Å². The van der Waals surface area contributed by atoms with Crippen molar-refractivity contribution in [1.29, 1.82) is 0 Å². The van der Waals surface area contributed by atoms with Crippen molar-refractivity contribution < 1.29 is 18.6 Å². The van der Waals surface area contributed by atoms with Crippen molar-refractivity contribution in [3.8, 4) is 0 Å². The second-order valence-electron chi connectivity index (χ2n) is 8.43. The molecule has 3 heterocycles. The molecule has 3 rings (SSSR count). The van der Waals surface area contributed by atoms with E-state index in [0.717, 1.165) is 5.76 Å². The smallest absolute Gasteiger partial charge is 0.241 e. The van der Waals surface area contributed by atoms with E-state index in [1.807, 2.05) is 13.8 Å². The summed E-state index contributed by atoms with van der Waals surface area (Å²) in [4.78, 5) is 0. The van der Waals surface area contributed by atoms with Crippen molar-refractivity contribution in [3.63, 3.8) is 0 Å². The Hall–Kier alpha value is -0.363. The van der Waals surface area contributed by atoms with E-state index in [-0.39, 0.29) is 18.1 Å². The van der Waals surface area contributed by atoms with Crippen LogP contribution in [-0.2, 0) is 18.6 Å². The van der Waals surface area contributed by atoms with Crippen LogP contribution in [0.15, 0.2) is 11.8 Å². The van der Waals surface area contributed by atoms with Crippen LogP contribution < -0.4 is 0 Å². The molecule has 0 amide bonds. The summed E-state index contributed by atoms with van der Waals surface area (Å²) in [5, 5.41) is 0. The maximum Gasteiger partial charge on any atom is 0.241 e. The Bertz CT molecular complexity index is 495. The van der Waals surface area contributed by atoms with Gasteiger partial charge in [-0.25, -0.2) is 0 Å². The molecular formula is C16H28O4Si. The van der Waals surface area contributed by atoms with E-state index in [2.05, 4.69) is 46.5 Å². The van der Waals surface area contributed by atoms with Crippen molar-refractivity contribution in [3.05, 3.63) is 11.8 Å². The highest BCUT2D eigenvalue weighted by molar-refractivity contribution is 6.70. The molecule has 0 spiro atoms.